The molecule has 2 aromatic rings. The number of hydrogen-bond acceptors (Lipinski definition) is 3. The molecule has 2 aromatic carbocycles. The molecule has 0 aromatic heterocycles. The minimum atomic E-state index is -3.72. The highest BCUT2D eigenvalue weighted by molar-refractivity contribution is 9.11. The van der Waals surface area contributed by atoms with Gasteiger partial charge in [-0.15, -0.1) is 0 Å². The van der Waals surface area contributed by atoms with Crippen LogP contribution in [0.1, 0.15) is 0 Å². The van der Waals surface area contributed by atoms with E-state index in [1.165, 1.54) is 18.2 Å². The van der Waals surface area contributed by atoms with Gasteiger partial charge in [0.25, 0.3) is 10.0 Å². The van der Waals surface area contributed by atoms with E-state index in [9.17, 15) is 8.42 Å². The fourth-order valence-corrected chi connectivity index (χ4v) is 3.76. The van der Waals surface area contributed by atoms with Crippen LogP contribution in [0.2, 0.25) is 5.02 Å². The number of hydrogen-bond donors (Lipinski definition) is 2. The normalized spacial score (nSPS) is 11.3. The van der Waals surface area contributed by atoms with Crippen molar-refractivity contribution in [2.75, 3.05) is 10.5 Å². The highest BCUT2D eigenvalue weighted by Crippen LogP contribution is 2.32. The van der Waals surface area contributed by atoms with E-state index >= 15 is 0 Å². The zero-order valence-electron chi connectivity index (χ0n) is 9.90. The lowest BCUT2D eigenvalue weighted by Crippen LogP contribution is -2.13. The molecule has 0 spiro atoms. The zero-order chi connectivity index (χ0) is 14.9. The summed E-state index contributed by atoms with van der Waals surface area (Å²) in [5.74, 6) is 0. The maximum Gasteiger partial charge on any atom is 0.261 e. The number of rotatable bonds is 3. The topological polar surface area (TPSA) is 72.2 Å². The van der Waals surface area contributed by atoms with Crippen LogP contribution in [0.25, 0.3) is 0 Å². The van der Waals surface area contributed by atoms with Gasteiger partial charge >= 0.3 is 0 Å². The van der Waals surface area contributed by atoms with Crippen LogP contribution in [0.4, 0.5) is 11.4 Å². The molecule has 4 nitrogen and oxygen atoms in total. The lowest BCUT2D eigenvalue weighted by Gasteiger charge is -2.11. The Morgan fingerprint density at radius 2 is 1.85 bits per heavy atom. The van der Waals surface area contributed by atoms with Gasteiger partial charge in [-0.1, -0.05) is 17.7 Å². The molecule has 0 unspecified atom stereocenters. The molecule has 0 saturated heterocycles. The first-order valence-corrected chi connectivity index (χ1v) is 8.78. The predicted octanol–water partition coefficient (Wildman–Crippen LogP) is 4.25. The number of sulfonamides is 1. The monoisotopic (exact) mass is 438 g/mol. The molecule has 0 aliphatic carbocycles. The predicted molar refractivity (Wildman–Crippen MR) is 88.5 cm³/mol. The minimum absolute atomic E-state index is 0.102. The number of benzene rings is 2. The van der Waals surface area contributed by atoms with Crippen LogP contribution in [0, 0.1) is 0 Å². The molecule has 0 heterocycles. The van der Waals surface area contributed by atoms with Crippen molar-refractivity contribution in [2.24, 2.45) is 0 Å². The molecule has 0 atom stereocenters. The van der Waals surface area contributed by atoms with Crippen LogP contribution < -0.4 is 10.5 Å². The van der Waals surface area contributed by atoms with Crippen molar-refractivity contribution >= 4 is 64.9 Å². The maximum atomic E-state index is 12.3. The van der Waals surface area contributed by atoms with Crippen molar-refractivity contribution in [3.63, 3.8) is 0 Å². The number of nitrogen functional groups attached to an aromatic ring is 1. The fourth-order valence-electron chi connectivity index (χ4n) is 1.46. The Bertz CT molecular complexity index is 766. The number of anilines is 2. The number of halogens is 3. The van der Waals surface area contributed by atoms with Gasteiger partial charge in [-0.2, -0.15) is 0 Å². The fraction of sp³-hybridized carbons (Fsp3) is 0. The molecule has 20 heavy (non-hydrogen) atoms. The van der Waals surface area contributed by atoms with Crippen molar-refractivity contribution in [1.82, 2.24) is 0 Å². The standard InChI is InChI=1S/C12H9Br2ClN2O2S/c13-8-6-7(4-5-10(8)16)20(18,19)17-11-3-1-2-9(15)12(11)14/h1-6,17H,16H2. The molecule has 0 radical (unpaired) electrons. The van der Waals surface area contributed by atoms with Crippen molar-refractivity contribution < 1.29 is 8.42 Å². The molecule has 2 rings (SSSR count). The molecular weight excluding hydrogens is 431 g/mol. The second kappa shape index (κ2) is 5.93. The van der Waals surface area contributed by atoms with E-state index in [1.54, 1.807) is 18.2 Å². The van der Waals surface area contributed by atoms with Crippen LogP contribution in [-0.4, -0.2) is 8.42 Å². The second-order valence-corrected chi connectivity index (χ2v) is 7.63. The molecule has 8 heteroatoms. The first kappa shape index (κ1) is 15.6. The maximum absolute atomic E-state index is 12.3. The summed E-state index contributed by atoms with van der Waals surface area (Å²) < 4.78 is 28.1. The Balaban J connectivity index is 2.41. The average Bonchev–Trinajstić information content (AvgIpc) is 2.38. The quantitative estimate of drug-likeness (QED) is 0.701. The van der Waals surface area contributed by atoms with E-state index in [-0.39, 0.29) is 4.90 Å². The molecule has 106 valence electrons. The third-order valence-corrected chi connectivity index (χ3v) is 5.93. The van der Waals surface area contributed by atoms with E-state index in [0.717, 1.165) is 0 Å². The summed E-state index contributed by atoms with van der Waals surface area (Å²) in [4.78, 5) is 0.102. The van der Waals surface area contributed by atoms with Gasteiger partial charge in [0.15, 0.2) is 0 Å². The third-order valence-electron chi connectivity index (χ3n) is 2.48. The van der Waals surface area contributed by atoms with E-state index in [1.807, 2.05) is 0 Å². The van der Waals surface area contributed by atoms with Gasteiger partial charge < -0.3 is 5.73 Å². The van der Waals surface area contributed by atoms with E-state index in [0.29, 0.717) is 25.3 Å². The lowest BCUT2D eigenvalue weighted by molar-refractivity contribution is 0.601. The lowest BCUT2D eigenvalue weighted by atomic mass is 10.3. The number of nitrogens with one attached hydrogen (secondary N) is 1. The average molecular weight is 441 g/mol. The Morgan fingerprint density at radius 1 is 1.15 bits per heavy atom. The van der Waals surface area contributed by atoms with Crippen LogP contribution in [-0.2, 0) is 10.0 Å². The molecule has 0 amide bonds. The molecule has 3 N–H and O–H groups in total. The summed E-state index contributed by atoms with van der Waals surface area (Å²) in [6, 6.07) is 9.32. The van der Waals surface area contributed by atoms with Gasteiger partial charge in [-0.3, -0.25) is 4.72 Å². The van der Waals surface area contributed by atoms with Gasteiger partial charge in [0.05, 0.1) is 20.1 Å². The summed E-state index contributed by atoms with van der Waals surface area (Å²) in [7, 11) is -3.72. The molecule has 0 aliphatic rings. The zero-order valence-corrected chi connectivity index (χ0v) is 14.6. The van der Waals surface area contributed by atoms with Crippen LogP contribution >= 0.6 is 43.5 Å². The molecule has 0 saturated carbocycles. The third kappa shape index (κ3) is 3.28. The van der Waals surface area contributed by atoms with Gasteiger partial charge in [-0.25, -0.2) is 8.42 Å². The van der Waals surface area contributed by atoms with E-state index < -0.39 is 10.0 Å². The van der Waals surface area contributed by atoms with Crippen molar-refractivity contribution in [1.29, 1.82) is 0 Å². The Kier molecular flexibility index (Phi) is 4.63. The van der Waals surface area contributed by atoms with Gasteiger partial charge in [-0.05, 0) is 62.2 Å². The first-order chi connectivity index (χ1) is 9.31. The second-order valence-electron chi connectivity index (χ2n) is 3.89. The summed E-state index contributed by atoms with van der Waals surface area (Å²) >= 11 is 12.4. The van der Waals surface area contributed by atoms with E-state index in [2.05, 4.69) is 36.6 Å². The summed E-state index contributed by atoms with van der Waals surface area (Å²) in [6.45, 7) is 0. The van der Waals surface area contributed by atoms with Crippen LogP contribution in [0.5, 0.6) is 0 Å². The Hall–Kier alpha value is -0.760. The minimum Gasteiger partial charge on any atom is -0.398 e. The van der Waals surface area contributed by atoms with Crippen LogP contribution in [0.15, 0.2) is 50.2 Å². The largest absolute Gasteiger partial charge is 0.398 e. The molecule has 0 fully saturated rings. The molecule has 0 bridgehead atoms. The van der Waals surface area contributed by atoms with Crippen molar-refractivity contribution in [3.05, 3.63) is 50.4 Å². The highest BCUT2D eigenvalue weighted by atomic mass is 79.9. The van der Waals surface area contributed by atoms with Crippen molar-refractivity contribution in [3.8, 4) is 0 Å². The summed E-state index contributed by atoms with van der Waals surface area (Å²) in [5, 5.41) is 0.420. The van der Waals surface area contributed by atoms with Gasteiger partial charge in [0.2, 0.25) is 0 Å². The SMILES string of the molecule is Nc1ccc(S(=O)(=O)Nc2cccc(Cl)c2Br)cc1Br. The van der Waals surface area contributed by atoms with Gasteiger partial charge in [0.1, 0.15) is 0 Å². The molecular formula is C12H9Br2ClN2O2S. The first-order valence-electron chi connectivity index (χ1n) is 5.33. The van der Waals surface area contributed by atoms with Crippen molar-refractivity contribution in [2.45, 2.75) is 4.90 Å². The van der Waals surface area contributed by atoms with E-state index in [4.69, 9.17) is 17.3 Å². The smallest absolute Gasteiger partial charge is 0.261 e. The van der Waals surface area contributed by atoms with Gasteiger partial charge in [0, 0.05) is 10.2 Å². The summed E-state index contributed by atoms with van der Waals surface area (Å²) in [6.07, 6.45) is 0. The molecule has 0 aliphatic heterocycles. The number of nitrogens with two attached hydrogens (primary N) is 1. The highest BCUT2D eigenvalue weighted by Gasteiger charge is 2.17. The van der Waals surface area contributed by atoms with Crippen LogP contribution in [0.3, 0.4) is 0 Å². The summed E-state index contributed by atoms with van der Waals surface area (Å²) in [5.41, 5.74) is 6.47. The Morgan fingerprint density at radius 3 is 2.50 bits per heavy atom. The Labute approximate surface area is 138 Å².